The molecule has 17 heavy (non-hydrogen) atoms. The van der Waals surface area contributed by atoms with Gasteiger partial charge in [-0.1, -0.05) is 0 Å². The summed E-state index contributed by atoms with van der Waals surface area (Å²) in [5.74, 6) is 0.697. The molecule has 0 bridgehead atoms. The molecule has 0 heterocycles. The van der Waals surface area contributed by atoms with E-state index >= 15 is 0 Å². The molecule has 4 nitrogen and oxygen atoms in total. The lowest BCUT2D eigenvalue weighted by Gasteiger charge is -2.26. The summed E-state index contributed by atoms with van der Waals surface area (Å²) in [5.41, 5.74) is 0. The van der Waals surface area contributed by atoms with Crippen molar-refractivity contribution in [1.82, 2.24) is 5.32 Å². The third kappa shape index (κ3) is 6.36. The molecule has 0 radical (unpaired) electrons. The van der Waals surface area contributed by atoms with Gasteiger partial charge < -0.3 is 19.9 Å². The fourth-order valence-electron chi connectivity index (χ4n) is 2.29. The van der Waals surface area contributed by atoms with Gasteiger partial charge in [-0.3, -0.25) is 0 Å². The average molecular weight is 245 g/mol. The van der Waals surface area contributed by atoms with Crippen LogP contribution in [0.2, 0.25) is 0 Å². The quantitative estimate of drug-likeness (QED) is 0.637. The second-order valence-corrected chi connectivity index (χ2v) is 4.67. The average Bonchev–Trinajstić information content (AvgIpc) is 2.32. The minimum Gasteiger partial charge on any atom is -0.393 e. The van der Waals surface area contributed by atoms with E-state index in [9.17, 15) is 5.11 Å². The fourth-order valence-corrected chi connectivity index (χ4v) is 2.29. The highest BCUT2D eigenvalue weighted by Gasteiger charge is 2.19. The second kappa shape index (κ2) is 8.86. The summed E-state index contributed by atoms with van der Waals surface area (Å²) in [6, 6.07) is 0. The van der Waals surface area contributed by atoms with E-state index in [1.807, 2.05) is 13.8 Å². The molecule has 102 valence electrons. The predicted octanol–water partition coefficient (Wildman–Crippen LogP) is 1.53. The Bertz CT molecular complexity index is 176. The number of hydrogen-bond acceptors (Lipinski definition) is 4. The van der Waals surface area contributed by atoms with Gasteiger partial charge in [-0.05, 0) is 52.0 Å². The third-order valence-corrected chi connectivity index (χ3v) is 3.27. The van der Waals surface area contributed by atoms with E-state index in [1.165, 1.54) is 0 Å². The van der Waals surface area contributed by atoms with Gasteiger partial charge in [-0.2, -0.15) is 0 Å². The summed E-state index contributed by atoms with van der Waals surface area (Å²) >= 11 is 0. The van der Waals surface area contributed by atoms with Crippen molar-refractivity contribution in [2.24, 2.45) is 5.92 Å². The van der Waals surface area contributed by atoms with Crippen LogP contribution in [0.1, 0.15) is 39.5 Å². The van der Waals surface area contributed by atoms with Crippen molar-refractivity contribution in [2.45, 2.75) is 51.9 Å². The van der Waals surface area contributed by atoms with Crippen LogP contribution in [-0.2, 0) is 9.47 Å². The lowest BCUT2D eigenvalue weighted by molar-refractivity contribution is -0.133. The van der Waals surface area contributed by atoms with Crippen molar-refractivity contribution in [1.29, 1.82) is 0 Å². The molecule has 1 fully saturated rings. The standard InChI is InChI=1S/C13H27NO3/c1-3-16-13(17-4-2)10-14-9-11-5-7-12(15)8-6-11/h11-15H,3-10H2,1-2H3. The zero-order chi connectivity index (χ0) is 12.5. The van der Waals surface area contributed by atoms with Crippen LogP contribution in [-0.4, -0.2) is 43.8 Å². The van der Waals surface area contributed by atoms with E-state index in [-0.39, 0.29) is 12.4 Å². The Labute approximate surface area is 105 Å². The van der Waals surface area contributed by atoms with Gasteiger partial charge >= 0.3 is 0 Å². The van der Waals surface area contributed by atoms with Crippen LogP contribution in [0.5, 0.6) is 0 Å². The Morgan fingerprint density at radius 2 is 1.71 bits per heavy atom. The van der Waals surface area contributed by atoms with Gasteiger partial charge in [-0.25, -0.2) is 0 Å². The van der Waals surface area contributed by atoms with Crippen LogP contribution < -0.4 is 5.32 Å². The van der Waals surface area contributed by atoms with Crippen LogP contribution >= 0.6 is 0 Å². The van der Waals surface area contributed by atoms with Crippen LogP contribution in [0.15, 0.2) is 0 Å². The normalized spacial score (nSPS) is 25.4. The van der Waals surface area contributed by atoms with Crippen LogP contribution in [0.25, 0.3) is 0 Å². The molecule has 1 rings (SSSR count). The first-order chi connectivity index (χ1) is 8.26. The molecule has 2 N–H and O–H groups in total. The summed E-state index contributed by atoms with van der Waals surface area (Å²) < 4.78 is 10.9. The Balaban J connectivity index is 2.08. The van der Waals surface area contributed by atoms with Gasteiger partial charge in [0.25, 0.3) is 0 Å². The largest absolute Gasteiger partial charge is 0.393 e. The fraction of sp³-hybridized carbons (Fsp3) is 1.00. The van der Waals surface area contributed by atoms with Crippen molar-refractivity contribution in [3.8, 4) is 0 Å². The number of aliphatic hydroxyl groups excluding tert-OH is 1. The molecule has 1 aliphatic rings. The molecule has 4 heteroatoms. The number of hydrogen-bond donors (Lipinski definition) is 2. The van der Waals surface area contributed by atoms with Gasteiger partial charge in [0.05, 0.1) is 6.10 Å². The van der Waals surface area contributed by atoms with E-state index in [4.69, 9.17) is 9.47 Å². The minimum absolute atomic E-state index is 0.0640. The van der Waals surface area contributed by atoms with Gasteiger partial charge in [0, 0.05) is 19.8 Å². The topological polar surface area (TPSA) is 50.7 Å². The first-order valence-corrected chi connectivity index (χ1v) is 6.88. The molecule has 0 saturated heterocycles. The lowest BCUT2D eigenvalue weighted by atomic mass is 9.87. The molecule has 0 aromatic rings. The van der Waals surface area contributed by atoms with Crippen LogP contribution in [0.3, 0.4) is 0 Å². The predicted molar refractivity (Wildman–Crippen MR) is 67.9 cm³/mol. The molecule has 0 aliphatic heterocycles. The van der Waals surface area contributed by atoms with Gasteiger partial charge in [0.2, 0.25) is 0 Å². The van der Waals surface area contributed by atoms with E-state index in [2.05, 4.69) is 5.32 Å². The smallest absolute Gasteiger partial charge is 0.169 e. The van der Waals surface area contributed by atoms with Crippen molar-refractivity contribution in [3.63, 3.8) is 0 Å². The molecule has 0 aromatic heterocycles. The minimum atomic E-state index is -0.126. The van der Waals surface area contributed by atoms with Crippen LogP contribution in [0.4, 0.5) is 0 Å². The molecule has 0 amide bonds. The Kier molecular flexibility index (Phi) is 7.77. The summed E-state index contributed by atoms with van der Waals surface area (Å²) in [5, 5.41) is 12.8. The number of aliphatic hydroxyl groups is 1. The van der Waals surface area contributed by atoms with Crippen molar-refractivity contribution < 1.29 is 14.6 Å². The highest BCUT2D eigenvalue weighted by Crippen LogP contribution is 2.23. The van der Waals surface area contributed by atoms with E-state index in [0.29, 0.717) is 19.1 Å². The second-order valence-electron chi connectivity index (χ2n) is 4.67. The first kappa shape index (κ1) is 14.9. The molecular formula is C13H27NO3. The maximum atomic E-state index is 9.42. The van der Waals surface area contributed by atoms with Crippen LogP contribution in [0, 0.1) is 5.92 Å². The van der Waals surface area contributed by atoms with Crippen molar-refractivity contribution >= 4 is 0 Å². The number of nitrogens with one attached hydrogen (secondary N) is 1. The van der Waals surface area contributed by atoms with Gasteiger partial charge in [-0.15, -0.1) is 0 Å². The first-order valence-electron chi connectivity index (χ1n) is 6.88. The number of ether oxygens (including phenoxy) is 2. The summed E-state index contributed by atoms with van der Waals surface area (Å²) in [6.07, 6.45) is 3.97. The summed E-state index contributed by atoms with van der Waals surface area (Å²) in [7, 11) is 0. The highest BCUT2D eigenvalue weighted by atomic mass is 16.7. The zero-order valence-electron chi connectivity index (χ0n) is 11.2. The highest BCUT2D eigenvalue weighted by molar-refractivity contribution is 4.73. The molecule has 0 atom stereocenters. The van der Waals surface area contributed by atoms with E-state index in [1.54, 1.807) is 0 Å². The maximum Gasteiger partial charge on any atom is 0.169 e. The molecule has 0 spiro atoms. The lowest BCUT2D eigenvalue weighted by Crippen LogP contribution is -2.35. The Morgan fingerprint density at radius 3 is 2.24 bits per heavy atom. The Morgan fingerprint density at radius 1 is 1.12 bits per heavy atom. The van der Waals surface area contributed by atoms with Crippen molar-refractivity contribution in [2.75, 3.05) is 26.3 Å². The molecular weight excluding hydrogens is 218 g/mol. The maximum absolute atomic E-state index is 9.42. The molecule has 0 aromatic carbocycles. The molecule has 0 unspecified atom stereocenters. The molecule has 1 aliphatic carbocycles. The van der Waals surface area contributed by atoms with E-state index in [0.717, 1.165) is 38.8 Å². The van der Waals surface area contributed by atoms with Crippen molar-refractivity contribution in [3.05, 3.63) is 0 Å². The summed E-state index contributed by atoms with van der Waals surface area (Å²) in [4.78, 5) is 0. The third-order valence-electron chi connectivity index (χ3n) is 3.27. The SMILES string of the molecule is CCOC(CNCC1CCC(O)CC1)OCC. The zero-order valence-corrected chi connectivity index (χ0v) is 11.2. The molecule has 1 saturated carbocycles. The monoisotopic (exact) mass is 245 g/mol. The van der Waals surface area contributed by atoms with Gasteiger partial charge in [0.15, 0.2) is 6.29 Å². The number of rotatable bonds is 8. The summed E-state index contributed by atoms with van der Waals surface area (Å²) in [6.45, 7) is 7.08. The Hall–Kier alpha value is -0.160. The van der Waals surface area contributed by atoms with Gasteiger partial charge in [0.1, 0.15) is 0 Å². The van der Waals surface area contributed by atoms with E-state index < -0.39 is 0 Å².